The van der Waals surface area contributed by atoms with Gasteiger partial charge in [-0.3, -0.25) is 4.79 Å². The highest BCUT2D eigenvalue weighted by Crippen LogP contribution is 2.36. The molecule has 1 fully saturated rings. The van der Waals surface area contributed by atoms with Crippen LogP contribution in [0.5, 0.6) is 5.75 Å². The van der Waals surface area contributed by atoms with Gasteiger partial charge in [0.05, 0.1) is 6.61 Å². The maximum absolute atomic E-state index is 12.7. The second-order valence-corrected chi connectivity index (χ2v) is 9.22. The van der Waals surface area contributed by atoms with Crippen molar-refractivity contribution in [3.63, 3.8) is 0 Å². The number of carbonyl (C=O) groups is 1. The standard InChI is InChI=1S/C29H40O2/c1-3-5-7-8-9-21-31-27-18-16-25(17-19-27)24-12-14-26(15-13-24)28-20-11-23(10-6-4-2)22-29(28)30/h12-19,23,28H,3-11,20-22H2,1-2H3/t23-,28+/m0/s1. The van der Waals surface area contributed by atoms with Crippen LogP contribution in [0.4, 0.5) is 0 Å². The van der Waals surface area contributed by atoms with E-state index >= 15 is 0 Å². The van der Waals surface area contributed by atoms with Crippen LogP contribution in [0.3, 0.4) is 0 Å². The number of Topliss-reactive ketones (excluding diaryl/α,β-unsaturated/α-hetero) is 1. The van der Waals surface area contributed by atoms with Gasteiger partial charge in [-0.1, -0.05) is 95.2 Å². The van der Waals surface area contributed by atoms with Crippen molar-refractivity contribution in [2.75, 3.05) is 6.61 Å². The molecule has 1 aliphatic rings. The van der Waals surface area contributed by atoms with E-state index in [4.69, 9.17) is 4.74 Å². The van der Waals surface area contributed by atoms with Crippen molar-refractivity contribution in [2.24, 2.45) is 5.92 Å². The minimum Gasteiger partial charge on any atom is -0.494 e. The lowest BCUT2D eigenvalue weighted by molar-refractivity contribution is -0.123. The molecule has 0 unspecified atom stereocenters. The third-order valence-corrected chi connectivity index (χ3v) is 6.73. The Kier molecular flexibility index (Phi) is 9.65. The number of ketones is 1. The first-order valence-electron chi connectivity index (χ1n) is 12.6. The Labute approximate surface area is 189 Å². The van der Waals surface area contributed by atoms with E-state index in [2.05, 4.69) is 62.4 Å². The first-order chi connectivity index (χ1) is 15.2. The molecular weight excluding hydrogens is 380 g/mol. The van der Waals surface area contributed by atoms with E-state index in [1.54, 1.807) is 0 Å². The Hall–Kier alpha value is -2.09. The zero-order chi connectivity index (χ0) is 21.9. The van der Waals surface area contributed by atoms with Gasteiger partial charge in [0.15, 0.2) is 0 Å². The Balaban J connectivity index is 1.50. The fourth-order valence-electron chi connectivity index (χ4n) is 4.73. The van der Waals surface area contributed by atoms with Crippen LogP contribution in [0.1, 0.15) is 96.0 Å². The monoisotopic (exact) mass is 420 g/mol. The molecule has 0 spiro atoms. The second kappa shape index (κ2) is 12.7. The van der Waals surface area contributed by atoms with Gasteiger partial charge >= 0.3 is 0 Å². The van der Waals surface area contributed by atoms with Crippen LogP contribution in [-0.2, 0) is 4.79 Å². The van der Waals surface area contributed by atoms with Crippen LogP contribution in [0.2, 0.25) is 0 Å². The van der Waals surface area contributed by atoms with E-state index in [1.807, 2.05) is 0 Å². The predicted octanol–water partition coefficient (Wildman–Crippen LogP) is 8.35. The molecule has 2 aromatic carbocycles. The molecule has 168 valence electrons. The summed E-state index contributed by atoms with van der Waals surface area (Å²) in [6.07, 6.45) is 12.9. The third kappa shape index (κ3) is 7.23. The zero-order valence-electron chi connectivity index (χ0n) is 19.6. The molecule has 1 aliphatic carbocycles. The number of rotatable bonds is 12. The molecule has 0 bridgehead atoms. The van der Waals surface area contributed by atoms with Crippen molar-refractivity contribution in [2.45, 2.75) is 90.4 Å². The highest BCUT2D eigenvalue weighted by molar-refractivity contribution is 5.86. The van der Waals surface area contributed by atoms with Crippen LogP contribution >= 0.6 is 0 Å². The molecule has 2 aromatic rings. The van der Waals surface area contributed by atoms with E-state index < -0.39 is 0 Å². The van der Waals surface area contributed by atoms with Gasteiger partial charge in [-0.05, 0) is 54.0 Å². The third-order valence-electron chi connectivity index (χ3n) is 6.73. The van der Waals surface area contributed by atoms with Gasteiger partial charge in [0.2, 0.25) is 0 Å². The SMILES string of the molecule is CCCCCCCOc1ccc(-c2ccc([C@H]3CC[C@H](CCCC)CC3=O)cc2)cc1. The topological polar surface area (TPSA) is 26.3 Å². The number of carbonyl (C=O) groups excluding carboxylic acids is 1. The highest BCUT2D eigenvalue weighted by atomic mass is 16.5. The van der Waals surface area contributed by atoms with Gasteiger partial charge in [-0.2, -0.15) is 0 Å². The average molecular weight is 421 g/mol. The maximum Gasteiger partial charge on any atom is 0.140 e. The van der Waals surface area contributed by atoms with E-state index in [0.29, 0.717) is 11.7 Å². The van der Waals surface area contributed by atoms with Gasteiger partial charge in [0, 0.05) is 12.3 Å². The first kappa shape index (κ1) is 23.6. The molecular formula is C29H40O2. The molecule has 0 heterocycles. The van der Waals surface area contributed by atoms with Crippen LogP contribution in [0.25, 0.3) is 11.1 Å². The van der Waals surface area contributed by atoms with Crippen molar-refractivity contribution < 1.29 is 9.53 Å². The second-order valence-electron chi connectivity index (χ2n) is 9.22. The molecule has 31 heavy (non-hydrogen) atoms. The molecule has 0 aromatic heterocycles. The summed E-state index contributed by atoms with van der Waals surface area (Å²) in [4.78, 5) is 12.7. The average Bonchev–Trinajstić information content (AvgIpc) is 2.81. The molecule has 1 saturated carbocycles. The lowest BCUT2D eigenvalue weighted by Gasteiger charge is -2.27. The fraction of sp³-hybridized carbons (Fsp3) is 0.552. The minimum absolute atomic E-state index is 0.0972. The molecule has 2 atom stereocenters. The zero-order valence-corrected chi connectivity index (χ0v) is 19.6. The number of ether oxygens (including phenoxy) is 1. The Morgan fingerprint density at radius 1 is 0.774 bits per heavy atom. The summed E-state index contributed by atoms with van der Waals surface area (Å²) in [5.74, 6) is 2.10. The number of benzene rings is 2. The summed E-state index contributed by atoms with van der Waals surface area (Å²) >= 11 is 0. The Bertz CT molecular complexity index is 775. The van der Waals surface area contributed by atoms with E-state index in [0.717, 1.165) is 31.6 Å². The van der Waals surface area contributed by atoms with Crippen LogP contribution < -0.4 is 4.74 Å². The molecule has 0 aliphatic heterocycles. The van der Waals surface area contributed by atoms with Crippen LogP contribution in [0, 0.1) is 5.92 Å². The van der Waals surface area contributed by atoms with Crippen molar-refractivity contribution in [3.05, 3.63) is 54.1 Å². The predicted molar refractivity (Wildman–Crippen MR) is 131 cm³/mol. The molecule has 2 nitrogen and oxygen atoms in total. The maximum atomic E-state index is 12.7. The van der Waals surface area contributed by atoms with Gasteiger partial charge < -0.3 is 4.74 Å². The van der Waals surface area contributed by atoms with Crippen molar-refractivity contribution in [3.8, 4) is 16.9 Å². The summed E-state index contributed by atoms with van der Waals surface area (Å²) in [6, 6.07) is 17.0. The molecule has 0 saturated heterocycles. The molecule has 0 N–H and O–H groups in total. The number of hydrogen-bond donors (Lipinski definition) is 0. The summed E-state index contributed by atoms with van der Waals surface area (Å²) in [7, 11) is 0. The molecule has 2 heteroatoms. The van der Waals surface area contributed by atoms with Crippen molar-refractivity contribution in [1.29, 1.82) is 0 Å². The summed E-state index contributed by atoms with van der Waals surface area (Å²) in [5.41, 5.74) is 3.57. The van der Waals surface area contributed by atoms with Gasteiger partial charge in [0.25, 0.3) is 0 Å². The molecule has 3 rings (SSSR count). The van der Waals surface area contributed by atoms with Gasteiger partial charge in [-0.25, -0.2) is 0 Å². The number of unbranched alkanes of at least 4 members (excludes halogenated alkanes) is 5. The molecule has 0 amide bonds. The minimum atomic E-state index is 0.0972. The summed E-state index contributed by atoms with van der Waals surface area (Å²) < 4.78 is 5.88. The largest absolute Gasteiger partial charge is 0.494 e. The van der Waals surface area contributed by atoms with E-state index in [-0.39, 0.29) is 5.92 Å². The Morgan fingerprint density at radius 2 is 1.42 bits per heavy atom. The summed E-state index contributed by atoms with van der Waals surface area (Å²) in [5, 5.41) is 0. The van der Waals surface area contributed by atoms with Crippen LogP contribution in [0.15, 0.2) is 48.5 Å². The van der Waals surface area contributed by atoms with E-state index in [1.165, 1.54) is 68.1 Å². The number of hydrogen-bond acceptors (Lipinski definition) is 2. The van der Waals surface area contributed by atoms with Crippen molar-refractivity contribution in [1.82, 2.24) is 0 Å². The van der Waals surface area contributed by atoms with Gasteiger partial charge in [-0.15, -0.1) is 0 Å². The summed E-state index contributed by atoms with van der Waals surface area (Å²) in [6.45, 7) is 5.27. The van der Waals surface area contributed by atoms with Crippen molar-refractivity contribution >= 4 is 5.78 Å². The normalized spacial score (nSPS) is 18.8. The smallest absolute Gasteiger partial charge is 0.140 e. The lowest BCUT2D eigenvalue weighted by atomic mass is 9.76. The lowest BCUT2D eigenvalue weighted by Crippen LogP contribution is -2.23. The quantitative estimate of drug-likeness (QED) is 0.322. The van der Waals surface area contributed by atoms with E-state index in [9.17, 15) is 4.79 Å². The van der Waals surface area contributed by atoms with Gasteiger partial charge in [0.1, 0.15) is 11.5 Å². The Morgan fingerprint density at radius 3 is 2.06 bits per heavy atom. The first-order valence-corrected chi connectivity index (χ1v) is 12.6. The molecule has 0 radical (unpaired) electrons. The van der Waals surface area contributed by atoms with Crippen LogP contribution in [-0.4, -0.2) is 12.4 Å². The fourth-order valence-corrected chi connectivity index (χ4v) is 4.73. The highest BCUT2D eigenvalue weighted by Gasteiger charge is 2.29.